The zero-order valence-corrected chi connectivity index (χ0v) is 17.0. The highest BCUT2D eigenvalue weighted by Gasteiger charge is 2.17. The Morgan fingerprint density at radius 2 is 1.79 bits per heavy atom. The molecule has 0 saturated heterocycles. The fraction of sp³-hybridized carbons (Fsp3) is 0.217. The van der Waals surface area contributed by atoms with Crippen molar-refractivity contribution in [2.75, 3.05) is 5.32 Å². The van der Waals surface area contributed by atoms with Crippen LogP contribution in [0.4, 0.5) is 15.9 Å². The Hall–Kier alpha value is -2.72. The second-order valence-corrected chi connectivity index (χ2v) is 8.41. The van der Waals surface area contributed by atoms with Gasteiger partial charge < -0.3 is 5.32 Å². The molecule has 4 aromatic rings. The van der Waals surface area contributed by atoms with E-state index in [-0.39, 0.29) is 11.2 Å². The fourth-order valence-electron chi connectivity index (χ4n) is 3.32. The lowest BCUT2D eigenvalue weighted by Gasteiger charge is -2.21. The van der Waals surface area contributed by atoms with Crippen molar-refractivity contribution in [3.05, 3.63) is 70.8 Å². The minimum absolute atomic E-state index is 0.0355. The van der Waals surface area contributed by atoms with E-state index in [1.54, 1.807) is 12.3 Å². The molecule has 0 saturated carbocycles. The van der Waals surface area contributed by atoms with Crippen LogP contribution >= 0.6 is 11.6 Å². The smallest absolute Gasteiger partial charge is 0.139 e. The van der Waals surface area contributed by atoms with E-state index < -0.39 is 0 Å². The summed E-state index contributed by atoms with van der Waals surface area (Å²) in [7, 11) is 0. The van der Waals surface area contributed by atoms with E-state index in [4.69, 9.17) is 16.6 Å². The molecule has 0 radical (unpaired) electrons. The number of pyridine rings is 2. The van der Waals surface area contributed by atoms with Crippen LogP contribution < -0.4 is 5.32 Å². The van der Waals surface area contributed by atoms with Crippen LogP contribution in [0.3, 0.4) is 0 Å². The van der Waals surface area contributed by atoms with Crippen molar-refractivity contribution in [1.29, 1.82) is 0 Å². The molecule has 0 bridgehead atoms. The van der Waals surface area contributed by atoms with Gasteiger partial charge in [-0.1, -0.05) is 44.5 Å². The van der Waals surface area contributed by atoms with E-state index >= 15 is 0 Å². The first-order valence-corrected chi connectivity index (χ1v) is 9.53. The number of hydrogen-bond acceptors (Lipinski definition) is 3. The molecule has 142 valence electrons. The van der Waals surface area contributed by atoms with Gasteiger partial charge in [-0.25, -0.2) is 14.4 Å². The maximum absolute atomic E-state index is 13.8. The minimum atomic E-state index is -0.329. The Kier molecular flexibility index (Phi) is 4.47. The topological polar surface area (TPSA) is 37.8 Å². The van der Waals surface area contributed by atoms with E-state index in [0.29, 0.717) is 27.3 Å². The number of nitrogens with zero attached hydrogens (tertiary/aromatic N) is 2. The van der Waals surface area contributed by atoms with Gasteiger partial charge in [0, 0.05) is 28.0 Å². The lowest BCUT2D eigenvalue weighted by Crippen LogP contribution is -2.11. The number of nitrogens with one attached hydrogen (secondary N) is 1. The largest absolute Gasteiger partial charge is 0.339 e. The van der Waals surface area contributed by atoms with Gasteiger partial charge in [0.2, 0.25) is 0 Å². The number of rotatable bonds is 2. The summed E-state index contributed by atoms with van der Waals surface area (Å²) in [6.07, 6.45) is 1.64. The number of fused-ring (bicyclic) bond motifs is 3. The highest BCUT2D eigenvalue weighted by molar-refractivity contribution is 6.37. The predicted octanol–water partition coefficient (Wildman–Crippen LogP) is 6.93. The zero-order valence-electron chi connectivity index (χ0n) is 16.3. The maximum Gasteiger partial charge on any atom is 0.139 e. The Bertz CT molecular complexity index is 1210. The third-order valence-corrected chi connectivity index (χ3v) is 5.26. The number of benzene rings is 2. The van der Waals surface area contributed by atoms with E-state index in [9.17, 15) is 4.39 Å². The molecule has 4 rings (SSSR count). The molecule has 5 heteroatoms. The molecule has 28 heavy (non-hydrogen) atoms. The average molecular weight is 394 g/mol. The van der Waals surface area contributed by atoms with Crippen molar-refractivity contribution in [2.24, 2.45) is 0 Å². The van der Waals surface area contributed by atoms with E-state index in [0.717, 1.165) is 16.6 Å². The SMILES string of the molecule is Cc1ccc(C(C)(C)C)cc1Nc1nc2ccc(F)cc2c2c(Cl)nccc12. The molecule has 2 aromatic carbocycles. The van der Waals surface area contributed by atoms with Crippen LogP contribution in [-0.2, 0) is 5.41 Å². The summed E-state index contributed by atoms with van der Waals surface area (Å²) in [6.45, 7) is 8.61. The molecule has 0 aliphatic carbocycles. The summed E-state index contributed by atoms with van der Waals surface area (Å²) in [6, 6.07) is 12.8. The second kappa shape index (κ2) is 6.71. The highest BCUT2D eigenvalue weighted by atomic mass is 35.5. The molecular formula is C23H21ClFN3. The quantitative estimate of drug-likeness (QED) is 0.296. The number of hydrogen-bond donors (Lipinski definition) is 1. The molecule has 0 atom stereocenters. The number of halogens is 2. The summed E-state index contributed by atoms with van der Waals surface area (Å²) in [5.41, 5.74) is 4.02. The molecule has 0 aliphatic rings. The van der Waals surface area contributed by atoms with Gasteiger partial charge in [0.15, 0.2) is 0 Å². The van der Waals surface area contributed by atoms with Gasteiger partial charge in [0.25, 0.3) is 0 Å². The van der Waals surface area contributed by atoms with Crippen molar-refractivity contribution in [1.82, 2.24) is 9.97 Å². The van der Waals surface area contributed by atoms with Crippen LogP contribution in [0.2, 0.25) is 5.15 Å². The molecular weight excluding hydrogens is 373 g/mol. The minimum Gasteiger partial charge on any atom is -0.339 e. The van der Waals surface area contributed by atoms with Crippen LogP contribution in [-0.4, -0.2) is 9.97 Å². The van der Waals surface area contributed by atoms with Gasteiger partial charge in [-0.05, 0) is 53.8 Å². The van der Waals surface area contributed by atoms with Crippen LogP contribution in [0.5, 0.6) is 0 Å². The predicted molar refractivity (Wildman–Crippen MR) is 115 cm³/mol. The normalized spacial score (nSPS) is 11.9. The van der Waals surface area contributed by atoms with Crippen LogP contribution in [0, 0.1) is 12.7 Å². The van der Waals surface area contributed by atoms with Gasteiger partial charge in [-0.15, -0.1) is 0 Å². The monoisotopic (exact) mass is 393 g/mol. The van der Waals surface area contributed by atoms with Crippen LogP contribution in [0.1, 0.15) is 31.9 Å². The Morgan fingerprint density at radius 3 is 2.54 bits per heavy atom. The Balaban J connectivity index is 1.95. The first kappa shape index (κ1) is 18.6. The van der Waals surface area contributed by atoms with Crippen molar-refractivity contribution in [3.63, 3.8) is 0 Å². The van der Waals surface area contributed by atoms with E-state index in [1.807, 2.05) is 6.07 Å². The third kappa shape index (κ3) is 3.29. The molecule has 1 N–H and O–H groups in total. The van der Waals surface area contributed by atoms with Crippen LogP contribution in [0.15, 0.2) is 48.7 Å². The molecule has 0 amide bonds. The van der Waals surface area contributed by atoms with Crippen molar-refractivity contribution < 1.29 is 4.39 Å². The van der Waals surface area contributed by atoms with Gasteiger partial charge in [-0.2, -0.15) is 0 Å². The molecule has 0 unspecified atom stereocenters. The number of aromatic nitrogens is 2. The maximum atomic E-state index is 13.8. The summed E-state index contributed by atoms with van der Waals surface area (Å²) in [5, 5.41) is 5.95. The molecule has 3 nitrogen and oxygen atoms in total. The molecule has 2 aromatic heterocycles. The summed E-state index contributed by atoms with van der Waals surface area (Å²) >= 11 is 6.39. The first-order valence-electron chi connectivity index (χ1n) is 9.16. The Morgan fingerprint density at radius 1 is 1.00 bits per heavy atom. The first-order chi connectivity index (χ1) is 13.2. The number of aryl methyl sites for hydroxylation is 1. The van der Waals surface area contributed by atoms with Crippen molar-refractivity contribution >= 4 is 44.8 Å². The zero-order chi connectivity index (χ0) is 20.1. The van der Waals surface area contributed by atoms with Crippen LogP contribution in [0.25, 0.3) is 21.7 Å². The molecule has 0 aliphatic heterocycles. The highest BCUT2D eigenvalue weighted by Crippen LogP contribution is 2.36. The molecule has 0 fully saturated rings. The fourth-order valence-corrected chi connectivity index (χ4v) is 3.58. The molecule has 0 spiro atoms. The second-order valence-electron chi connectivity index (χ2n) is 8.05. The Labute approximate surface area is 168 Å². The van der Waals surface area contributed by atoms with Gasteiger partial charge in [0.05, 0.1) is 5.52 Å². The number of anilines is 2. The van der Waals surface area contributed by atoms with Gasteiger partial charge in [-0.3, -0.25) is 0 Å². The van der Waals surface area contributed by atoms with E-state index in [1.165, 1.54) is 17.7 Å². The van der Waals surface area contributed by atoms with Gasteiger partial charge in [0.1, 0.15) is 16.8 Å². The molecule has 2 heterocycles. The van der Waals surface area contributed by atoms with Gasteiger partial charge >= 0.3 is 0 Å². The summed E-state index contributed by atoms with van der Waals surface area (Å²) in [4.78, 5) is 8.94. The average Bonchev–Trinajstić information content (AvgIpc) is 2.63. The lowest BCUT2D eigenvalue weighted by molar-refractivity contribution is 0.590. The summed E-state index contributed by atoms with van der Waals surface area (Å²) in [5.74, 6) is 0.345. The van der Waals surface area contributed by atoms with Crippen molar-refractivity contribution in [2.45, 2.75) is 33.1 Å². The van der Waals surface area contributed by atoms with Crippen molar-refractivity contribution in [3.8, 4) is 0 Å². The third-order valence-electron chi connectivity index (χ3n) is 4.98. The lowest BCUT2D eigenvalue weighted by atomic mass is 9.86. The summed E-state index contributed by atoms with van der Waals surface area (Å²) < 4.78 is 13.8. The van der Waals surface area contributed by atoms with E-state index in [2.05, 4.69) is 56.2 Å². The standard InChI is InChI=1S/C23H21ClFN3/c1-13-5-6-14(23(2,3)4)11-19(13)28-22-16-9-10-26-21(24)20(16)17-12-15(25)7-8-18(17)27-22/h5-12H,1-4H3,(H,27,28).